The molecule has 1 heterocycles. The molecule has 0 aliphatic carbocycles. The number of hydrogen-bond donors (Lipinski definition) is 2. The van der Waals surface area contributed by atoms with Gasteiger partial charge in [0, 0.05) is 25.7 Å². The summed E-state index contributed by atoms with van der Waals surface area (Å²) in [4.78, 5) is 0. The molecular weight excluding hydrogens is 202 g/mol. The van der Waals surface area contributed by atoms with Gasteiger partial charge in [-0.2, -0.15) is 17.4 Å². The molecule has 2 N–H and O–H groups in total. The minimum absolute atomic E-state index is 0.0561. The zero-order valence-electron chi connectivity index (χ0n) is 8.78. The van der Waals surface area contributed by atoms with Gasteiger partial charge in [-0.15, -0.1) is 0 Å². The van der Waals surface area contributed by atoms with Crippen LogP contribution in [-0.2, 0) is 10.2 Å². The Kier molecular flexibility index (Phi) is 4.31. The predicted molar refractivity (Wildman–Crippen MR) is 56.3 cm³/mol. The molecule has 0 saturated carbocycles. The summed E-state index contributed by atoms with van der Waals surface area (Å²) < 4.78 is 27.6. The van der Waals surface area contributed by atoms with Crippen molar-refractivity contribution in [1.82, 2.24) is 14.3 Å². The van der Waals surface area contributed by atoms with Crippen molar-refractivity contribution >= 4 is 10.2 Å². The lowest BCUT2D eigenvalue weighted by atomic mass is 10.3. The molecule has 0 radical (unpaired) electrons. The molecule has 0 spiro atoms. The average molecular weight is 221 g/mol. The van der Waals surface area contributed by atoms with Crippen molar-refractivity contribution in [2.24, 2.45) is 0 Å². The van der Waals surface area contributed by atoms with Crippen LogP contribution in [0.1, 0.15) is 20.3 Å². The minimum Gasteiger partial charge on any atom is -0.315 e. The van der Waals surface area contributed by atoms with Gasteiger partial charge in [-0.1, -0.05) is 13.8 Å². The van der Waals surface area contributed by atoms with Crippen molar-refractivity contribution in [2.75, 3.05) is 26.2 Å². The zero-order valence-corrected chi connectivity index (χ0v) is 9.60. The van der Waals surface area contributed by atoms with E-state index in [2.05, 4.69) is 10.0 Å². The van der Waals surface area contributed by atoms with Gasteiger partial charge in [-0.3, -0.25) is 0 Å². The van der Waals surface area contributed by atoms with Crippen molar-refractivity contribution in [2.45, 2.75) is 26.3 Å². The second-order valence-electron chi connectivity index (χ2n) is 3.40. The maximum Gasteiger partial charge on any atom is 0.279 e. The zero-order chi connectivity index (χ0) is 10.6. The highest BCUT2D eigenvalue weighted by Crippen LogP contribution is 2.03. The number of rotatable bonds is 5. The average Bonchev–Trinajstić information content (AvgIpc) is 2.57. The molecule has 1 aliphatic rings. The maximum absolute atomic E-state index is 11.7. The van der Waals surface area contributed by atoms with Gasteiger partial charge in [-0.05, 0) is 13.0 Å². The summed E-state index contributed by atoms with van der Waals surface area (Å²) in [7, 11) is -3.26. The number of nitrogens with one attached hydrogen (secondary N) is 2. The van der Waals surface area contributed by atoms with E-state index in [0.717, 1.165) is 19.5 Å². The quantitative estimate of drug-likeness (QED) is 0.659. The number of nitrogens with zero attached hydrogens (tertiary/aromatic N) is 1. The summed E-state index contributed by atoms with van der Waals surface area (Å²) >= 11 is 0. The van der Waals surface area contributed by atoms with Crippen molar-refractivity contribution < 1.29 is 8.42 Å². The Labute approximate surface area is 86.0 Å². The van der Waals surface area contributed by atoms with E-state index in [4.69, 9.17) is 0 Å². The Hall–Kier alpha value is -0.170. The van der Waals surface area contributed by atoms with Gasteiger partial charge in [0.2, 0.25) is 0 Å². The van der Waals surface area contributed by atoms with Gasteiger partial charge in [-0.25, -0.2) is 0 Å². The van der Waals surface area contributed by atoms with Gasteiger partial charge in [0.1, 0.15) is 0 Å². The van der Waals surface area contributed by atoms with Gasteiger partial charge >= 0.3 is 0 Å². The van der Waals surface area contributed by atoms with Crippen molar-refractivity contribution in [3.05, 3.63) is 0 Å². The molecule has 1 atom stereocenters. The summed E-state index contributed by atoms with van der Waals surface area (Å²) in [5, 5.41) is 3.12. The van der Waals surface area contributed by atoms with Crippen LogP contribution in [0.15, 0.2) is 0 Å². The van der Waals surface area contributed by atoms with Crippen LogP contribution in [0.5, 0.6) is 0 Å². The third kappa shape index (κ3) is 2.91. The van der Waals surface area contributed by atoms with Crippen LogP contribution in [0.2, 0.25) is 0 Å². The van der Waals surface area contributed by atoms with Crippen LogP contribution in [0, 0.1) is 0 Å². The van der Waals surface area contributed by atoms with Crippen molar-refractivity contribution in [1.29, 1.82) is 0 Å². The summed E-state index contributed by atoms with van der Waals surface area (Å²) in [6.07, 6.45) is 0.875. The number of hydrogen-bond acceptors (Lipinski definition) is 3. The van der Waals surface area contributed by atoms with E-state index in [-0.39, 0.29) is 6.04 Å². The van der Waals surface area contributed by atoms with Crippen molar-refractivity contribution in [3.63, 3.8) is 0 Å². The molecule has 1 saturated heterocycles. The van der Waals surface area contributed by atoms with Crippen LogP contribution < -0.4 is 10.0 Å². The van der Waals surface area contributed by atoms with E-state index in [0.29, 0.717) is 13.1 Å². The lowest BCUT2D eigenvalue weighted by molar-refractivity contribution is 0.427. The molecular formula is C8H19N3O2S. The van der Waals surface area contributed by atoms with Crippen LogP contribution in [-0.4, -0.2) is 44.9 Å². The lowest BCUT2D eigenvalue weighted by Crippen LogP contribution is -2.45. The molecule has 6 heteroatoms. The molecule has 0 amide bonds. The highest BCUT2D eigenvalue weighted by Gasteiger charge is 2.24. The van der Waals surface area contributed by atoms with Gasteiger partial charge in [0.05, 0.1) is 0 Å². The third-order valence-corrected chi connectivity index (χ3v) is 4.25. The fraction of sp³-hybridized carbons (Fsp3) is 1.00. The third-order valence-electron chi connectivity index (χ3n) is 2.42. The topological polar surface area (TPSA) is 61.4 Å². The Morgan fingerprint density at radius 1 is 1.43 bits per heavy atom. The Morgan fingerprint density at radius 2 is 2.07 bits per heavy atom. The van der Waals surface area contributed by atoms with E-state index < -0.39 is 10.2 Å². The van der Waals surface area contributed by atoms with Crippen LogP contribution >= 0.6 is 0 Å². The molecule has 84 valence electrons. The highest BCUT2D eigenvalue weighted by atomic mass is 32.2. The Balaban J connectivity index is 2.55. The molecule has 5 nitrogen and oxygen atoms in total. The second-order valence-corrected chi connectivity index (χ2v) is 5.10. The van der Waals surface area contributed by atoms with E-state index >= 15 is 0 Å². The molecule has 1 unspecified atom stereocenters. The largest absolute Gasteiger partial charge is 0.315 e. The fourth-order valence-corrected chi connectivity index (χ4v) is 3.06. The molecule has 0 aromatic rings. The molecule has 1 aliphatic heterocycles. The second kappa shape index (κ2) is 5.06. The van der Waals surface area contributed by atoms with E-state index in [9.17, 15) is 8.42 Å². The monoisotopic (exact) mass is 221 g/mol. The summed E-state index contributed by atoms with van der Waals surface area (Å²) in [5.41, 5.74) is 0. The van der Waals surface area contributed by atoms with Crippen molar-refractivity contribution in [3.8, 4) is 0 Å². The predicted octanol–water partition coefficient (Wildman–Crippen LogP) is -0.475. The Morgan fingerprint density at radius 3 is 2.50 bits per heavy atom. The highest BCUT2D eigenvalue weighted by molar-refractivity contribution is 7.87. The molecule has 1 rings (SSSR count). The minimum atomic E-state index is -3.26. The van der Waals surface area contributed by atoms with E-state index in [1.807, 2.05) is 13.8 Å². The van der Waals surface area contributed by atoms with Crippen LogP contribution in [0.3, 0.4) is 0 Å². The van der Waals surface area contributed by atoms with Gasteiger partial charge in [0.15, 0.2) is 0 Å². The van der Waals surface area contributed by atoms with Crippen LogP contribution in [0.4, 0.5) is 0 Å². The first-order valence-corrected chi connectivity index (χ1v) is 6.52. The first kappa shape index (κ1) is 11.9. The summed E-state index contributed by atoms with van der Waals surface area (Å²) in [6, 6.07) is 0.0561. The van der Waals surface area contributed by atoms with Gasteiger partial charge in [0.25, 0.3) is 10.2 Å². The van der Waals surface area contributed by atoms with E-state index in [1.54, 1.807) is 0 Å². The molecule has 1 fully saturated rings. The molecule has 0 aromatic carbocycles. The SMILES string of the molecule is CCN(CC)S(=O)(=O)NC1CCNC1. The maximum atomic E-state index is 11.7. The smallest absolute Gasteiger partial charge is 0.279 e. The first-order valence-electron chi connectivity index (χ1n) is 5.08. The summed E-state index contributed by atoms with van der Waals surface area (Å²) in [6.45, 7) is 6.36. The van der Waals surface area contributed by atoms with Gasteiger partial charge < -0.3 is 5.32 Å². The standard InChI is InChI=1S/C8H19N3O2S/c1-3-11(4-2)14(12,13)10-8-5-6-9-7-8/h8-10H,3-7H2,1-2H3. The van der Waals surface area contributed by atoms with E-state index in [1.165, 1.54) is 4.31 Å². The lowest BCUT2D eigenvalue weighted by Gasteiger charge is -2.21. The normalized spacial score (nSPS) is 23.2. The molecule has 0 bridgehead atoms. The van der Waals surface area contributed by atoms with Crippen LogP contribution in [0.25, 0.3) is 0 Å². The first-order chi connectivity index (χ1) is 6.60. The summed E-state index contributed by atoms with van der Waals surface area (Å²) in [5.74, 6) is 0. The fourth-order valence-electron chi connectivity index (χ4n) is 1.60. The Bertz CT molecular complexity index is 256. The molecule has 14 heavy (non-hydrogen) atoms. The molecule has 0 aromatic heterocycles.